The smallest absolute Gasteiger partial charge is 0.125 e. The summed E-state index contributed by atoms with van der Waals surface area (Å²) in [5.74, 6) is 0.654. The van der Waals surface area contributed by atoms with Crippen LogP contribution in [0.3, 0.4) is 0 Å². The summed E-state index contributed by atoms with van der Waals surface area (Å²) in [6.07, 6.45) is 0. The minimum atomic E-state index is -0.0586. The lowest BCUT2D eigenvalue weighted by molar-refractivity contribution is 0.259. The topological polar surface area (TPSA) is 53.2 Å². The Morgan fingerprint density at radius 3 is 2.68 bits per heavy atom. The molecule has 19 heavy (non-hydrogen) atoms. The second-order valence-electron chi connectivity index (χ2n) is 4.33. The van der Waals surface area contributed by atoms with Gasteiger partial charge in [-0.1, -0.05) is 35.9 Å². The van der Waals surface area contributed by atoms with Crippen LogP contribution in [-0.4, -0.2) is 5.11 Å². The van der Waals surface area contributed by atoms with Gasteiger partial charge in [0.05, 0.1) is 18.2 Å². The summed E-state index contributed by atoms with van der Waals surface area (Å²) < 4.78 is 5.70. The molecule has 0 saturated carbocycles. The number of aryl methyl sites for hydroxylation is 1. The molecule has 0 aliphatic rings. The van der Waals surface area contributed by atoms with Crippen LogP contribution in [0.25, 0.3) is 0 Å². The number of aliphatic hydroxyl groups is 1. The van der Waals surface area contributed by atoms with Crippen LogP contribution in [0.4, 0.5) is 0 Å². The quantitative estimate of drug-likeness (QED) is 0.911. The van der Waals surface area contributed by atoms with Crippen molar-refractivity contribution in [3.8, 4) is 11.8 Å². The first-order valence-electron chi connectivity index (χ1n) is 6.06. The molecule has 0 aliphatic carbocycles. The molecule has 0 spiro atoms. The zero-order chi connectivity index (χ0) is 13.7. The lowest BCUT2D eigenvalue weighted by Crippen LogP contribution is -2.01. The number of hydrogen-bond donors (Lipinski definition) is 1. The highest BCUT2D eigenvalue weighted by molar-refractivity contribution is 5.39. The van der Waals surface area contributed by atoms with Gasteiger partial charge < -0.3 is 9.84 Å². The van der Waals surface area contributed by atoms with E-state index in [-0.39, 0.29) is 6.61 Å². The van der Waals surface area contributed by atoms with Crippen LogP contribution in [0.15, 0.2) is 42.5 Å². The van der Waals surface area contributed by atoms with Crippen LogP contribution in [0.5, 0.6) is 5.75 Å². The van der Waals surface area contributed by atoms with Crippen molar-refractivity contribution in [1.82, 2.24) is 0 Å². The Bertz CT molecular complexity index is 614. The van der Waals surface area contributed by atoms with E-state index >= 15 is 0 Å². The van der Waals surface area contributed by atoms with Crippen LogP contribution >= 0.6 is 0 Å². The minimum absolute atomic E-state index is 0.0586. The van der Waals surface area contributed by atoms with E-state index in [4.69, 9.17) is 10.00 Å². The normalized spacial score (nSPS) is 9.95. The van der Waals surface area contributed by atoms with Crippen molar-refractivity contribution in [2.75, 3.05) is 0 Å². The summed E-state index contributed by atoms with van der Waals surface area (Å²) in [7, 11) is 0. The third-order valence-corrected chi connectivity index (χ3v) is 2.91. The number of aliphatic hydroxyl groups excluding tert-OH is 1. The van der Waals surface area contributed by atoms with Crippen molar-refractivity contribution in [2.45, 2.75) is 20.1 Å². The molecule has 3 heteroatoms. The number of nitriles is 1. The SMILES string of the molecule is Cc1ccc(OCc2ccccc2C#N)c(CO)c1. The molecule has 0 atom stereocenters. The van der Waals surface area contributed by atoms with E-state index < -0.39 is 0 Å². The molecule has 0 aliphatic heterocycles. The zero-order valence-electron chi connectivity index (χ0n) is 10.8. The molecule has 0 heterocycles. The summed E-state index contributed by atoms with van der Waals surface area (Å²) in [4.78, 5) is 0. The third-order valence-electron chi connectivity index (χ3n) is 2.91. The zero-order valence-corrected chi connectivity index (χ0v) is 10.8. The van der Waals surface area contributed by atoms with Crippen LogP contribution in [0.1, 0.15) is 22.3 Å². The lowest BCUT2D eigenvalue weighted by Gasteiger charge is -2.11. The molecule has 3 nitrogen and oxygen atoms in total. The third kappa shape index (κ3) is 3.12. The summed E-state index contributed by atoms with van der Waals surface area (Å²) in [5, 5.41) is 18.3. The first-order valence-corrected chi connectivity index (χ1v) is 6.06. The standard InChI is InChI=1S/C16H15NO2/c1-12-6-7-16(15(8-12)10-18)19-11-14-5-3-2-4-13(14)9-17/h2-8,18H,10-11H2,1H3. The van der Waals surface area contributed by atoms with Gasteiger partial charge in [0.1, 0.15) is 12.4 Å². The molecule has 0 fully saturated rings. The van der Waals surface area contributed by atoms with E-state index in [1.165, 1.54) is 0 Å². The maximum atomic E-state index is 9.31. The highest BCUT2D eigenvalue weighted by Crippen LogP contribution is 2.21. The number of rotatable bonds is 4. The van der Waals surface area contributed by atoms with Gasteiger partial charge in [0.25, 0.3) is 0 Å². The molecule has 0 unspecified atom stereocenters. The molecule has 0 saturated heterocycles. The van der Waals surface area contributed by atoms with Gasteiger partial charge in [-0.2, -0.15) is 5.26 Å². The monoisotopic (exact) mass is 253 g/mol. The van der Waals surface area contributed by atoms with E-state index in [0.717, 1.165) is 16.7 Å². The Morgan fingerprint density at radius 1 is 1.16 bits per heavy atom. The second kappa shape index (κ2) is 6.03. The van der Waals surface area contributed by atoms with Gasteiger partial charge in [-0.3, -0.25) is 0 Å². The molecule has 96 valence electrons. The van der Waals surface area contributed by atoms with E-state index in [1.807, 2.05) is 43.3 Å². The average molecular weight is 253 g/mol. The predicted molar refractivity (Wildman–Crippen MR) is 72.6 cm³/mol. The molecular weight excluding hydrogens is 238 g/mol. The Morgan fingerprint density at radius 2 is 1.95 bits per heavy atom. The largest absolute Gasteiger partial charge is 0.488 e. The molecule has 0 radical (unpaired) electrons. The predicted octanol–water partition coefficient (Wildman–Crippen LogP) is 2.94. The Kier molecular flexibility index (Phi) is 4.17. The van der Waals surface area contributed by atoms with E-state index in [1.54, 1.807) is 6.07 Å². The highest BCUT2D eigenvalue weighted by Gasteiger charge is 2.05. The van der Waals surface area contributed by atoms with E-state index in [9.17, 15) is 5.11 Å². The van der Waals surface area contributed by atoms with Gasteiger partial charge in [-0.25, -0.2) is 0 Å². The number of ether oxygens (including phenoxy) is 1. The first kappa shape index (κ1) is 13.1. The van der Waals surface area contributed by atoms with Crippen molar-refractivity contribution in [3.05, 3.63) is 64.7 Å². The molecule has 2 aromatic carbocycles. The number of nitrogens with zero attached hydrogens (tertiary/aromatic N) is 1. The first-order chi connectivity index (χ1) is 9.24. The summed E-state index contributed by atoms with van der Waals surface area (Å²) >= 11 is 0. The van der Waals surface area contributed by atoms with Crippen molar-refractivity contribution < 1.29 is 9.84 Å². The Hall–Kier alpha value is -2.31. The van der Waals surface area contributed by atoms with Gasteiger partial charge in [0.15, 0.2) is 0 Å². The van der Waals surface area contributed by atoms with E-state index in [0.29, 0.717) is 17.9 Å². The fraction of sp³-hybridized carbons (Fsp3) is 0.188. The minimum Gasteiger partial charge on any atom is -0.488 e. The van der Waals surface area contributed by atoms with Gasteiger partial charge in [0, 0.05) is 11.1 Å². The summed E-state index contributed by atoms with van der Waals surface area (Å²) in [6, 6.07) is 15.1. The van der Waals surface area contributed by atoms with Crippen molar-refractivity contribution in [1.29, 1.82) is 5.26 Å². The Labute approximate surface area is 112 Å². The van der Waals surface area contributed by atoms with Gasteiger partial charge >= 0.3 is 0 Å². The molecule has 2 rings (SSSR count). The van der Waals surface area contributed by atoms with Crippen LogP contribution in [-0.2, 0) is 13.2 Å². The van der Waals surface area contributed by atoms with Crippen molar-refractivity contribution in [2.24, 2.45) is 0 Å². The van der Waals surface area contributed by atoms with Crippen molar-refractivity contribution in [3.63, 3.8) is 0 Å². The van der Waals surface area contributed by atoms with Gasteiger partial charge in [0.2, 0.25) is 0 Å². The molecule has 2 aromatic rings. The maximum absolute atomic E-state index is 9.31. The molecule has 1 N–H and O–H groups in total. The van der Waals surface area contributed by atoms with Gasteiger partial charge in [-0.05, 0) is 19.1 Å². The Balaban J connectivity index is 2.17. The number of hydrogen-bond acceptors (Lipinski definition) is 3. The van der Waals surface area contributed by atoms with Gasteiger partial charge in [-0.15, -0.1) is 0 Å². The second-order valence-corrected chi connectivity index (χ2v) is 4.33. The number of benzene rings is 2. The molecule has 0 aromatic heterocycles. The summed E-state index contributed by atoms with van der Waals surface area (Å²) in [6.45, 7) is 2.23. The molecule has 0 amide bonds. The fourth-order valence-electron chi connectivity index (χ4n) is 1.88. The molecular formula is C16H15NO2. The maximum Gasteiger partial charge on any atom is 0.125 e. The fourth-order valence-corrected chi connectivity index (χ4v) is 1.88. The highest BCUT2D eigenvalue weighted by atomic mass is 16.5. The van der Waals surface area contributed by atoms with Crippen LogP contribution < -0.4 is 4.74 Å². The molecule has 0 bridgehead atoms. The summed E-state index contributed by atoms with van der Waals surface area (Å²) in [5.41, 5.74) is 3.29. The van der Waals surface area contributed by atoms with E-state index in [2.05, 4.69) is 6.07 Å². The van der Waals surface area contributed by atoms with Crippen LogP contribution in [0.2, 0.25) is 0 Å². The lowest BCUT2D eigenvalue weighted by atomic mass is 10.1. The average Bonchev–Trinajstić information content (AvgIpc) is 2.46. The van der Waals surface area contributed by atoms with Crippen LogP contribution in [0, 0.1) is 18.3 Å². The van der Waals surface area contributed by atoms with Crippen molar-refractivity contribution >= 4 is 0 Å².